The van der Waals surface area contributed by atoms with Crippen LogP contribution in [0.5, 0.6) is 5.75 Å². The van der Waals surface area contributed by atoms with Crippen LogP contribution in [0.2, 0.25) is 0 Å². The predicted octanol–water partition coefficient (Wildman–Crippen LogP) is 1.76. The lowest BCUT2D eigenvalue weighted by molar-refractivity contribution is 0.259. The molecule has 0 bridgehead atoms. The Morgan fingerprint density at radius 1 is 1.50 bits per heavy atom. The van der Waals surface area contributed by atoms with Crippen molar-refractivity contribution in [2.75, 3.05) is 27.2 Å². The molecule has 1 aromatic heterocycles. The topological polar surface area (TPSA) is 25.4 Å². The van der Waals surface area contributed by atoms with Crippen LogP contribution < -0.4 is 4.74 Å². The Morgan fingerprint density at radius 2 is 2.29 bits per heavy atom. The zero-order valence-corrected chi connectivity index (χ0v) is 9.29. The van der Waals surface area contributed by atoms with Crippen molar-refractivity contribution in [2.24, 2.45) is 0 Å². The summed E-state index contributed by atoms with van der Waals surface area (Å²) in [5, 5.41) is 0. The van der Waals surface area contributed by atoms with Crippen LogP contribution in [-0.4, -0.2) is 37.1 Å². The fraction of sp³-hybridized carbons (Fsp3) is 0.500. The first kappa shape index (κ1) is 11.3. The summed E-state index contributed by atoms with van der Waals surface area (Å²) in [6.45, 7) is 1.54. The van der Waals surface area contributed by atoms with Crippen LogP contribution in [0.25, 0.3) is 0 Å². The van der Waals surface area contributed by atoms with Crippen LogP contribution in [0.4, 0.5) is 0 Å². The molecule has 0 unspecified atom stereocenters. The van der Waals surface area contributed by atoms with Crippen LogP contribution in [0.3, 0.4) is 0 Å². The van der Waals surface area contributed by atoms with Gasteiger partial charge in [0.2, 0.25) is 0 Å². The Hall–Kier alpha value is -0.800. The van der Waals surface area contributed by atoms with Gasteiger partial charge in [0, 0.05) is 18.3 Å². The lowest BCUT2D eigenvalue weighted by Gasteiger charge is -2.12. The highest BCUT2D eigenvalue weighted by Gasteiger charge is 2.01. The van der Waals surface area contributed by atoms with E-state index < -0.39 is 0 Å². The molecule has 14 heavy (non-hydrogen) atoms. The highest BCUT2D eigenvalue weighted by molar-refractivity contribution is 6.17. The molecule has 3 nitrogen and oxygen atoms in total. The SMILES string of the molecule is CN(C)CCOc1cnccc1CCl. The molecular weight excluding hydrogens is 200 g/mol. The molecule has 0 aliphatic rings. The third kappa shape index (κ3) is 3.52. The molecule has 4 heteroatoms. The summed E-state index contributed by atoms with van der Waals surface area (Å²) >= 11 is 5.76. The van der Waals surface area contributed by atoms with Gasteiger partial charge in [0.15, 0.2) is 0 Å². The molecule has 0 atom stereocenters. The second kappa shape index (κ2) is 5.83. The van der Waals surface area contributed by atoms with E-state index in [2.05, 4.69) is 9.88 Å². The van der Waals surface area contributed by atoms with Crippen molar-refractivity contribution in [1.82, 2.24) is 9.88 Å². The molecule has 1 rings (SSSR count). The van der Waals surface area contributed by atoms with Gasteiger partial charge in [-0.15, -0.1) is 11.6 Å². The molecule has 0 N–H and O–H groups in total. The van der Waals surface area contributed by atoms with Crippen molar-refractivity contribution < 1.29 is 4.74 Å². The van der Waals surface area contributed by atoms with Crippen LogP contribution in [0.1, 0.15) is 5.56 Å². The zero-order valence-electron chi connectivity index (χ0n) is 8.53. The fourth-order valence-electron chi connectivity index (χ4n) is 0.987. The van der Waals surface area contributed by atoms with Gasteiger partial charge < -0.3 is 9.64 Å². The maximum Gasteiger partial charge on any atom is 0.142 e. The molecule has 0 amide bonds. The Balaban J connectivity index is 2.49. The Bertz CT molecular complexity index is 279. The Kier molecular flexibility index (Phi) is 4.70. The monoisotopic (exact) mass is 214 g/mol. The summed E-state index contributed by atoms with van der Waals surface area (Å²) in [5.41, 5.74) is 0.987. The molecule has 0 radical (unpaired) electrons. The van der Waals surface area contributed by atoms with E-state index in [9.17, 15) is 0 Å². The first-order chi connectivity index (χ1) is 6.74. The van der Waals surface area contributed by atoms with Gasteiger partial charge in [-0.25, -0.2) is 0 Å². The molecule has 0 aliphatic heterocycles. The molecule has 0 saturated heterocycles. The molecule has 0 saturated carbocycles. The number of rotatable bonds is 5. The maximum atomic E-state index is 5.76. The number of pyridine rings is 1. The summed E-state index contributed by atoms with van der Waals surface area (Å²) in [6, 6.07) is 1.87. The molecule has 0 fully saturated rings. The van der Waals surface area contributed by atoms with E-state index >= 15 is 0 Å². The molecule has 78 valence electrons. The van der Waals surface area contributed by atoms with E-state index in [4.69, 9.17) is 16.3 Å². The van der Waals surface area contributed by atoms with E-state index in [-0.39, 0.29) is 0 Å². The van der Waals surface area contributed by atoms with Gasteiger partial charge in [-0.1, -0.05) is 0 Å². The number of alkyl halides is 1. The Labute approximate surface area is 89.7 Å². The maximum absolute atomic E-state index is 5.76. The number of ether oxygens (including phenoxy) is 1. The minimum atomic E-state index is 0.458. The minimum absolute atomic E-state index is 0.458. The van der Waals surface area contributed by atoms with Gasteiger partial charge in [0.1, 0.15) is 12.4 Å². The quantitative estimate of drug-likeness (QED) is 0.699. The number of nitrogens with zero attached hydrogens (tertiary/aromatic N) is 2. The number of halogens is 1. The lowest BCUT2D eigenvalue weighted by atomic mass is 10.3. The summed E-state index contributed by atoms with van der Waals surface area (Å²) in [5.74, 6) is 1.24. The second-order valence-electron chi connectivity index (χ2n) is 3.27. The van der Waals surface area contributed by atoms with Crippen LogP contribution in [0, 0.1) is 0 Å². The second-order valence-corrected chi connectivity index (χ2v) is 3.54. The first-order valence-corrected chi connectivity index (χ1v) is 5.04. The van der Waals surface area contributed by atoms with Gasteiger partial charge in [-0.3, -0.25) is 4.98 Å². The van der Waals surface area contributed by atoms with Crippen LogP contribution in [-0.2, 0) is 5.88 Å². The summed E-state index contributed by atoms with van der Waals surface area (Å²) in [6.07, 6.45) is 3.42. The van der Waals surface area contributed by atoms with Crippen LogP contribution >= 0.6 is 11.6 Å². The fourth-order valence-corrected chi connectivity index (χ4v) is 1.21. The average Bonchev–Trinajstić information content (AvgIpc) is 2.18. The van der Waals surface area contributed by atoms with Gasteiger partial charge >= 0.3 is 0 Å². The number of hydrogen-bond acceptors (Lipinski definition) is 3. The standard InChI is InChI=1S/C10H15ClN2O/c1-13(2)5-6-14-10-8-12-4-3-9(10)7-11/h3-4,8H,5-7H2,1-2H3. The van der Waals surface area contributed by atoms with Crippen molar-refractivity contribution in [2.45, 2.75) is 5.88 Å². The van der Waals surface area contributed by atoms with E-state index in [1.54, 1.807) is 12.4 Å². The number of aromatic nitrogens is 1. The average molecular weight is 215 g/mol. The molecule has 0 aliphatic carbocycles. The number of hydrogen-bond donors (Lipinski definition) is 0. The van der Waals surface area contributed by atoms with E-state index in [0.29, 0.717) is 12.5 Å². The van der Waals surface area contributed by atoms with Crippen molar-refractivity contribution in [3.05, 3.63) is 24.0 Å². The van der Waals surface area contributed by atoms with Gasteiger partial charge in [0.05, 0.1) is 12.1 Å². The van der Waals surface area contributed by atoms with Gasteiger partial charge in [0.25, 0.3) is 0 Å². The first-order valence-electron chi connectivity index (χ1n) is 4.50. The van der Waals surface area contributed by atoms with Crippen molar-refractivity contribution in [1.29, 1.82) is 0 Å². The number of likely N-dealkylation sites (N-methyl/N-ethyl adjacent to an activating group) is 1. The molecular formula is C10H15ClN2O. The third-order valence-corrected chi connectivity index (χ3v) is 2.10. The van der Waals surface area contributed by atoms with Gasteiger partial charge in [-0.05, 0) is 20.2 Å². The third-order valence-electron chi connectivity index (χ3n) is 1.81. The molecule has 1 aromatic rings. The van der Waals surface area contributed by atoms with E-state index in [1.165, 1.54) is 0 Å². The van der Waals surface area contributed by atoms with Crippen molar-refractivity contribution >= 4 is 11.6 Å². The highest BCUT2D eigenvalue weighted by atomic mass is 35.5. The highest BCUT2D eigenvalue weighted by Crippen LogP contribution is 2.17. The largest absolute Gasteiger partial charge is 0.490 e. The molecule has 0 spiro atoms. The normalized spacial score (nSPS) is 10.6. The van der Waals surface area contributed by atoms with E-state index in [0.717, 1.165) is 17.9 Å². The summed E-state index contributed by atoms with van der Waals surface area (Å²) in [7, 11) is 4.02. The zero-order chi connectivity index (χ0) is 10.4. The molecule has 0 aromatic carbocycles. The van der Waals surface area contributed by atoms with Crippen molar-refractivity contribution in [3.63, 3.8) is 0 Å². The Morgan fingerprint density at radius 3 is 2.93 bits per heavy atom. The van der Waals surface area contributed by atoms with E-state index in [1.807, 2.05) is 20.2 Å². The molecule has 1 heterocycles. The van der Waals surface area contributed by atoms with Gasteiger partial charge in [-0.2, -0.15) is 0 Å². The van der Waals surface area contributed by atoms with Crippen LogP contribution in [0.15, 0.2) is 18.5 Å². The lowest BCUT2D eigenvalue weighted by Crippen LogP contribution is -2.19. The summed E-state index contributed by atoms with van der Waals surface area (Å²) in [4.78, 5) is 6.06. The summed E-state index contributed by atoms with van der Waals surface area (Å²) < 4.78 is 5.55. The van der Waals surface area contributed by atoms with Crippen molar-refractivity contribution in [3.8, 4) is 5.75 Å². The predicted molar refractivity (Wildman–Crippen MR) is 57.8 cm³/mol. The minimum Gasteiger partial charge on any atom is -0.490 e. The smallest absolute Gasteiger partial charge is 0.142 e.